The van der Waals surface area contributed by atoms with Gasteiger partial charge in [-0.3, -0.25) is 0 Å². The molecular formula is C16H21N3. The highest BCUT2D eigenvalue weighted by molar-refractivity contribution is 5.63. The van der Waals surface area contributed by atoms with E-state index in [0.29, 0.717) is 23.5 Å². The van der Waals surface area contributed by atoms with Crippen molar-refractivity contribution in [2.75, 3.05) is 5.73 Å². The summed E-state index contributed by atoms with van der Waals surface area (Å²) in [6, 6.07) is 8.23. The highest BCUT2D eigenvalue weighted by Crippen LogP contribution is 2.30. The third-order valence-corrected chi connectivity index (χ3v) is 3.28. The van der Waals surface area contributed by atoms with E-state index in [-0.39, 0.29) is 0 Å². The van der Waals surface area contributed by atoms with E-state index < -0.39 is 0 Å². The maximum atomic E-state index is 5.75. The van der Waals surface area contributed by atoms with E-state index in [1.807, 2.05) is 0 Å². The van der Waals surface area contributed by atoms with E-state index in [9.17, 15) is 0 Å². The first-order chi connectivity index (χ1) is 8.99. The van der Waals surface area contributed by atoms with Crippen LogP contribution < -0.4 is 5.73 Å². The molecule has 0 unspecified atom stereocenters. The van der Waals surface area contributed by atoms with Crippen molar-refractivity contribution in [3.05, 3.63) is 41.6 Å². The quantitative estimate of drug-likeness (QED) is 0.902. The van der Waals surface area contributed by atoms with Gasteiger partial charge < -0.3 is 5.73 Å². The molecule has 1 aromatic carbocycles. The number of nitrogens with two attached hydrogens (primary N) is 1. The molecule has 0 bridgehead atoms. The molecule has 0 fully saturated rings. The predicted molar refractivity (Wildman–Crippen MR) is 80.1 cm³/mol. The number of rotatable bonds is 3. The van der Waals surface area contributed by atoms with E-state index >= 15 is 0 Å². The molecule has 1 aromatic heterocycles. The standard InChI is InChI=1S/C16H21N3/c1-10(2)12-5-6-13(14(9-12)11(3)4)16-18-8-7-15(17)19-16/h5-11H,1-4H3,(H2,17,18,19). The van der Waals surface area contributed by atoms with Gasteiger partial charge in [0.05, 0.1) is 0 Å². The fourth-order valence-electron chi connectivity index (χ4n) is 2.12. The number of aromatic nitrogens is 2. The lowest BCUT2D eigenvalue weighted by Crippen LogP contribution is -2.00. The van der Waals surface area contributed by atoms with Gasteiger partial charge in [-0.2, -0.15) is 0 Å². The highest BCUT2D eigenvalue weighted by atomic mass is 14.9. The molecule has 0 aliphatic rings. The van der Waals surface area contributed by atoms with Gasteiger partial charge in [-0.1, -0.05) is 45.9 Å². The molecule has 0 spiro atoms. The number of benzene rings is 1. The van der Waals surface area contributed by atoms with Gasteiger partial charge in [-0.05, 0) is 29.0 Å². The lowest BCUT2D eigenvalue weighted by atomic mass is 9.91. The maximum Gasteiger partial charge on any atom is 0.161 e. The Morgan fingerprint density at radius 2 is 1.74 bits per heavy atom. The van der Waals surface area contributed by atoms with Gasteiger partial charge in [0.1, 0.15) is 5.82 Å². The summed E-state index contributed by atoms with van der Waals surface area (Å²) in [5.74, 6) is 2.17. The fourth-order valence-corrected chi connectivity index (χ4v) is 2.12. The molecular weight excluding hydrogens is 234 g/mol. The van der Waals surface area contributed by atoms with E-state index in [1.54, 1.807) is 12.3 Å². The van der Waals surface area contributed by atoms with Gasteiger partial charge in [-0.15, -0.1) is 0 Å². The van der Waals surface area contributed by atoms with E-state index in [2.05, 4.69) is 55.9 Å². The lowest BCUT2D eigenvalue weighted by molar-refractivity contribution is 0.834. The number of anilines is 1. The average Bonchev–Trinajstić information content (AvgIpc) is 2.37. The van der Waals surface area contributed by atoms with E-state index in [4.69, 9.17) is 5.73 Å². The minimum atomic E-state index is 0.429. The summed E-state index contributed by atoms with van der Waals surface area (Å²) in [7, 11) is 0. The highest BCUT2D eigenvalue weighted by Gasteiger charge is 2.13. The Bertz CT molecular complexity index is 574. The Hall–Kier alpha value is -1.90. The van der Waals surface area contributed by atoms with Crippen LogP contribution in [-0.4, -0.2) is 9.97 Å². The molecule has 2 rings (SSSR count). The molecule has 0 atom stereocenters. The molecule has 1 heterocycles. The number of hydrogen-bond donors (Lipinski definition) is 1. The van der Waals surface area contributed by atoms with Gasteiger partial charge in [0.25, 0.3) is 0 Å². The Morgan fingerprint density at radius 3 is 2.32 bits per heavy atom. The summed E-state index contributed by atoms with van der Waals surface area (Å²) in [4.78, 5) is 8.66. The third-order valence-electron chi connectivity index (χ3n) is 3.28. The summed E-state index contributed by atoms with van der Waals surface area (Å²) >= 11 is 0. The first-order valence-electron chi connectivity index (χ1n) is 6.71. The summed E-state index contributed by atoms with van der Waals surface area (Å²) < 4.78 is 0. The Morgan fingerprint density at radius 1 is 1.00 bits per heavy atom. The normalized spacial score (nSPS) is 11.3. The summed E-state index contributed by atoms with van der Waals surface area (Å²) in [6.07, 6.45) is 1.71. The maximum absolute atomic E-state index is 5.75. The van der Waals surface area contributed by atoms with Crippen molar-refractivity contribution < 1.29 is 0 Å². The second-order valence-electron chi connectivity index (χ2n) is 5.46. The van der Waals surface area contributed by atoms with Crippen LogP contribution in [0.3, 0.4) is 0 Å². The minimum absolute atomic E-state index is 0.429. The number of hydrogen-bond acceptors (Lipinski definition) is 3. The molecule has 0 amide bonds. The smallest absolute Gasteiger partial charge is 0.161 e. The van der Waals surface area contributed by atoms with Crippen LogP contribution >= 0.6 is 0 Å². The van der Waals surface area contributed by atoms with Crippen LogP contribution in [0.5, 0.6) is 0 Å². The summed E-state index contributed by atoms with van der Waals surface area (Å²) in [5, 5.41) is 0. The molecule has 0 aliphatic carbocycles. The largest absolute Gasteiger partial charge is 0.384 e. The van der Waals surface area contributed by atoms with E-state index in [0.717, 1.165) is 5.56 Å². The molecule has 3 nitrogen and oxygen atoms in total. The second-order valence-corrected chi connectivity index (χ2v) is 5.46. The van der Waals surface area contributed by atoms with Crippen LogP contribution in [-0.2, 0) is 0 Å². The zero-order chi connectivity index (χ0) is 14.0. The Labute approximate surface area is 114 Å². The van der Waals surface area contributed by atoms with Crippen LogP contribution in [0.25, 0.3) is 11.4 Å². The zero-order valence-corrected chi connectivity index (χ0v) is 12.0. The molecule has 19 heavy (non-hydrogen) atoms. The molecule has 0 saturated carbocycles. The van der Waals surface area contributed by atoms with Crippen LogP contribution in [0.15, 0.2) is 30.5 Å². The molecule has 0 saturated heterocycles. The average molecular weight is 255 g/mol. The summed E-state index contributed by atoms with van der Waals surface area (Å²) in [6.45, 7) is 8.79. The zero-order valence-electron chi connectivity index (χ0n) is 12.0. The third kappa shape index (κ3) is 2.92. The van der Waals surface area contributed by atoms with Crippen molar-refractivity contribution in [1.29, 1.82) is 0 Å². The van der Waals surface area contributed by atoms with Crippen molar-refractivity contribution in [2.24, 2.45) is 0 Å². The first-order valence-corrected chi connectivity index (χ1v) is 6.71. The molecule has 2 N–H and O–H groups in total. The van der Waals surface area contributed by atoms with Gasteiger partial charge in [0, 0.05) is 11.8 Å². The first kappa shape index (κ1) is 13.5. The summed E-state index contributed by atoms with van der Waals surface area (Å²) in [5.41, 5.74) is 9.44. The number of nitrogens with zero attached hydrogens (tertiary/aromatic N) is 2. The van der Waals surface area contributed by atoms with Gasteiger partial charge in [0.2, 0.25) is 0 Å². The van der Waals surface area contributed by atoms with E-state index in [1.165, 1.54) is 11.1 Å². The molecule has 100 valence electrons. The Balaban J connectivity index is 2.57. The van der Waals surface area contributed by atoms with Crippen molar-refractivity contribution in [1.82, 2.24) is 9.97 Å². The molecule has 0 aliphatic heterocycles. The van der Waals surface area contributed by atoms with Gasteiger partial charge in [-0.25, -0.2) is 9.97 Å². The molecule has 3 heteroatoms. The topological polar surface area (TPSA) is 51.8 Å². The van der Waals surface area contributed by atoms with Crippen molar-refractivity contribution >= 4 is 5.82 Å². The Kier molecular flexibility index (Phi) is 3.84. The van der Waals surface area contributed by atoms with Crippen molar-refractivity contribution in [3.8, 4) is 11.4 Å². The van der Waals surface area contributed by atoms with Crippen LogP contribution in [0.1, 0.15) is 50.7 Å². The van der Waals surface area contributed by atoms with Crippen molar-refractivity contribution in [3.63, 3.8) is 0 Å². The van der Waals surface area contributed by atoms with Crippen LogP contribution in [0, 0.1) is 0 Å². The van der Waals surface area contributed by atoms with Gasteiger partial charge >= 0.3 is 0 Å². The van der Waals surface area contributed by atoms with Crippen LogP contribution in [0.4, 0.5) is 5.82 Å². The van der Waals surface area contributed by atoms with Crippen molar-refractivity contribution in [2.45, 2.75) is 39.5 Å². The van der Waals surface area contributed by atoms with Crippen LogP contribution in [0.2, 0.25) is 0 Å². The monoisotopic (exact) mass is 255 g/mol. The van der Waals surface area contributed by atoms with Gasteiger partial charge in [0.15, 0.2) is 5.82 Å². The predicted octanol–water partition coefficient (Wildman–Crippen LogP) is 3.97. The SMILES string of the molecule is CC(C)c1ccc(-c2nccc(N)n2)c(C(C)C)c1. The lowest BCUT2D eigenvalue weighted by Gasteiger charge is -2.15. The second kappa shape index (κ2) is 5.39. The molecule has 2 aromatic rings. The molecule has 0 radical (unpaired) electrons. The number of nitrogen functional groups attached to an aromatic ring is 1. The minimum Gasteiger partial charge on any atom is -0.384 e. The fraction of sp³-hybridized carbons (Fsp3) is 0.375.